The van der Waals surface area contributed by atoms with Gasteiger partial charge in [-0.05, 0) is 12.1 Å². The van der Waals surface area contributed by atoms with Crippen molar-refractivity contribution in [3.63, 3.8) is 0 Å². The molecule has 0 aliphatic rings. The number of aromatic hydroxyl groups is 1. The largest absolute Gasteiger partial charge is 0.504 e. The van der Waals surface area contributed by atoms with E-state index in [1.165, 1.54) is 20.1 Å². The fourth-order valence-electron chi connectivity index (χ4n) is 2.44. The Bertz CT molecular complexity index is 967. The highest BCUT2D eigenvalue weighted by atomic mass is 32.1. The Labute approximate surface area is 154 Å². The van der Waals surface area contributed by atoms with Crippen LogP contribution >= 0.6 is 11.3 Å². The van der Waals surface area contributed by atoms with Crippen molar-refractivity contribution in [1.29, 1.82) is 0 Å². The first-order chi connectivity index (χ1) is 12.5. The van der Waals surface area contributed by atoms with E-state index in [0.29, 0.717) is 10.6 Å². The van der Waals surface area contributed by atoms with Gasteiger partial charge < -0.3 is 9.84 Å². The number of nitrogens with zero attached hydrogens (tertiary/aromatic N) is 1. The first kappa shape index (κ1) is 17.6. The lowest BCUT2D eigenvalue weighted by molar-refractivity contribution is 0.101. The topological polar surface area (TPSA) is 88.5 Å². The number of ketones is 1. The second-order valence-electron chi connectivity index (χ2n) is 5.43. The zero-order chi connectivity index (χ0) is 18.7. The number of hydrogen-bond acceptors (Lipinski definition) is 6. The van der Waals surface area contributed by atoms with Crippen molar-refractivity contribution in [1.82, 2.24) is 4.98 Å². The van der Waals surface area contributed by atoms with Gasteiger partial charge in [-0.1, -0.05) is 47.7 Å². The Morgan fingerprint density at radius 3 is 2.50 bits per heavy atom. The van der Waals surface area contributed by atoms with E-state index in [-0.39, 0.29) is 28.0 Å². The van der Waals surface area contributed by atoms with Crippen molar-refractivity contribution < 1.29 is 19.4 Å². The van der Waals surface area contributed by atoms with Crippen LogP contribution in [0.5, 0.6) is 11.5 Å². The van der Waals surface area contributed by atoms with E-state index in [2.05, 4.69) is 10.3 Å². The lowest BCUT2D eigenvalue weighted by Crippen LogP contribution is -2.12. The van der Waals surface area contributed by atoms with E-state index in [9.17, 15) is 14.7 Å². The molecule has 0 saturated carbocycles. The number of thiazole rings is 1. The first-order valence-corrected chi connectivity index (χ1v) is 8.57. The minimum absolute atomic E-state index is 0.0604. The number of anilines is 1. The predicted molar refractivity (Wildman–Crippen MR) is 100 cm³/mol. The summed E-state index contributed by atoms with van der Waals surface area (Å²) < 4.78 is 5.01. The maximum Gasteiger partial charge on any atom is 0.261 e. The fourth-order valence-corrected chi connectivity index (χ4v) is 3.32. The maximum absolute atomic E-state index is 12.5. The normalized spacial score (nSPS) is 10.4. The number of ether oxygens (including phenoxy) is 1. The minimum Gasteiger partial charge on any atom is -0.504 e. The summed E-state index contributed by atoms with van der Waals surface area (Å²) in [5.41, 5.74) is 1.37. The third kappa shape index (κ3) is 3.43. The zero-order valence-corrected chi connectivity index (χ0v) is 15.0. The molecule has 0 bridgehead atoms. The summed E-state index contributed by atoms with van der Waals surface area (Å²) in [7, 11) is 1.41. The number of carbonyl (C=O) groups excluding carboxylic acids is 2. The molecular weight excluding hydrogens is 352 g/mol. The summed E-state index contributed by atoms with van der Waals surface area (Å²) in [6.07, 6.45) is 0. The number of carbonyl (C=O) groups is 2. The second-order valence-corrected chi connectivity index (χ2v) is 6.43. The summed E-state index contributed by atoms with van der Waals surface area (Å²) in [4.78, 5) is 29.3. The van der Waals surface area contributed by atoms with Gasteiger partial charge in [0.2, 0.25) is 0 Å². The van der Waals surface area contributed by atoms with Crippen LogP contribution in [0.1, 0.15) is 27.0 Å². The number of nitrogens with one attached hydrogen (secondary N) is 1. The summed E-state index contributed by atoms with van der Waals surface area (Å²) in [5, 5.41) is 13.0. The highest BCUT2D eigenvalue weighted by Crippen LogP contribution is 2.33. The molecule has 26 heavy (non-hydrogen) atoms. The summed E-state index contributed by atoms with van der Waals surface area (Å²) >= 11 is 1.10. The van der Waals surface area contributed by atoms with Gasteiger partial charge >= 0.3 is 0 Å². The standard InChI is InChI=1S/C19H16N2O4S/c1-11(22)17-15(12-7-4-3-5-8-12)20-19(26-17)21-18(24)13-9-6-10-14(25-2)16(13)23/h3-10,23H,1-2H3,(H,20,21,24). The molecule has 0 atom stereocenters. The number of Topliss-reactive ketones (excluding diaryl/α,β-unsaturated/α-hetero) is 1. The SMILES string of the molecule is COc1cccc(C(=O)Nc2nc(-c3ccccc3)c(C(C)=O)s2)c1O. The van der Waals surface area contributed by atoms with Gasteiger partial charge in [0.1, 0.15) is 0 Å². The number of hydrogen-bond donors (Lipinski definition) is 2. The molecule has 132 valence electrons. The molecule has 1 aromatic heterocycles. The number of phenols is 1. The van der Waals surface area contributed by atoms with Gasteiger partial charge in [0.25, 0.3) is 5.91 Å². The Kier molecular flexibility index (Phi) is 4.99. The van der Waals surface area contributed by atoms with Crippen LogP contribution in [-0.4, -0.2) is 28.9 Å². The van der Waals surface area contributed by atoms with Crippen molar-refractivity contribution in [2.75, 3.05) is 12.4 Å². The first-order valence-electron chi connectivity index (χ1n) is 7.75. The Balaban J connectivity index is 1.94. The van der Waals surface area contributed by atoms with E-state index in [0.717, 1.165) is 16.9 Å². The average Bonchev–Trinajstić information content (AvgIpc) is 3.06. The number of benzene rings is 2. The van der Waals surface area contributed by atoms with Crippen LogP contribution in [0.25, 0.3) is 11.3 Å². The van der Waals surface area contributed by atoms with Crippen molar-refractivity contribution in [2.24, 2.45) is 0 Å². The number of phenolic OH excluding ortho intramolecular Hbond substituents is 1. The molecule has 1 heterocycles. The molecule has 0 fully saturated rings. The minimum atomic E-state index is -0.537. The zero-order valence-electron chi connectivity index (χ0n) is 14.1. The highest BCUT2D eigenvalue weighted by molar-refractivity contribution is 7.18. The van der Waals surface area contributed by atoms with Crippen LogP contribution in [0.4, 0.5) is 5.13 Å². The molecule has 2 aromatic carbocycles. The fraction of sp³-hybridized carbons (Fsp3) is 0.105. The van der Waals surface area contributed by atoms with Gasteiger partial charge in [-0.2, -0.15) is 0 Å². The molecule has 0 saturated heterocycles. The lowest BCUT2D eigenvalue weighted by atomic mass is 10.1. The van der Waals surface area contributed by atoms with Crippen LogP contribution in [0.15, 0.2) is 48.5 Å². The van der Waals surface area contributed by atoms with Gasteiger partial charge in [0, 0.05) is 12.5 Å². The average molecular weight is 368 g/mol. The van der Waals surface area contributed by atoms with E-state index >= 15 is 0 Å². The van der Waals surface area contributed by atoms with Gasteiger partial charge in [-0.3, -0.25) is 14.9 Å². The van der Waals surface area contributed by atoms with Crippen LogP contribution in [-0.2, 0) is 0 Å². The Hall–Kier alpha value is -3.19. The molecule has 3 rings (SSSR count). The maximum atomic E-state index is 12.5. The third-order valence-electron chi connectivity index (χ3n) is 3.68. The molecule has 7 heteroatoms. The molecule has 1 amide bonds. The van der Waals surface area contributed by atoms with E-state index in [4.69, 9.17) is 4.74 Å². The Morgan fingerprint density at radius 2 is 1.85 bits per heavy atom. The summed E-state index contributed by atoms with van der Waals surface area (Å²) in [6.45, 7) is 1.46. The summed E-state index contributed by atoms with van der Waals surface area (Å²) in [6, 6.07) is 13.9. The monoisotopic (exact) mass is 368 g/mol. The smallest absolute Gasteiger partial charge is 0.261 e. The molecule has 0 aliphatic carbocycles. The second kappa shape index (κ2) is 7.37. The van der Waals surface area contributed by atoms with Crippen molar-refractivity contribution in [3.05, 3.63) is 59.0 Å². The van der Waals surface area contributed by atoms with Gasteiger partial charge in [-0.25, -0.2) is 4.98 Å². The van der Waals surface area contributed by atoms with Gasteiger partial charge in [-0.15, -0.1) is 0 Å². The molecule has 0 spiro atoms. The number of rotatable bonds is 5. The van der Waals surface area contributed by atoms with Crippen molar-refractivity contribution in [3.8, 4) is 22.8 Å². The summed E-state index contributed by atoms with van der Waals surface area (Å²) in [5.74, 6) is -0.721. The van der Waals surface area contributed by atoms with Crippen molar-refractivity contribution in [2.45, 2.75) is 6.92 Å². The lowest BCUT2D eigenvalue weighted by Gasteiger charge is -2.07. The number of methoxy groups -OCH3 is 1. The van der Waals surface area contributed by atoms with Gasteiger partial charge in [0.15, 0.2) is 22.4 Å². The molecule has 0 aliphatic heterocycles. The molecule has 0 unspecified atom stereocenters. The van der Waals surface area contributed by atoms with Crippen LogP contribution in [0.2, 0.25) is 0 Å². The Morgan fingerprint density at radius 1 is 1.12 bits per heavy atom. The van der Waals surface area contributed by atoms with Crippen molar-refractivity contribution >= 4 is 28.2 Å². The molecule has 3 aromatic rings. The van der Waals surface area contributed by atoms with Crippen LogP contribution < -0.4 is 10.1 Å². The molecular formula is C19H16N2O4S. The van der Waals surface area contributed by atoms with E-state index in [1.807, 2.05) is 30.3 Å². The van der Waals surface area contributed by atoms with E-state index in [1.54, 1.807) is 12.1 Å². The van der Waals surface area contributed by atoms with Crippen LogP contribution in [0.3, 0.4) is 0 Å². The van der Waals surface area contributed by atoms with Gasteiger partial charge in [0.05, 0.1) is 23.2 Å². The highest BCUT2D eigenvalue weighted by Gasteiger charge is 2.20. The third-order valence-corrected chi connectivity index (χ3v) is 4.75. The molecule has 0 radical (unpaired) electrons. The van der Waals surface area contributed by atoms with Crippen LogP contribution in [0, 0.1) is 0 Å². The predicted octanol–water partition coefficient (Wildman–Crippen LogP) is 3.98. The quantitative estimate of drug-likeness (QED) is 0.665. The molecule has 2 N–H and O–H groups in total. The number of amides is 1. The number of aromatic nitrogens is 1. The molecule has 6 nitrogen and oxygen atoms in total. The number of para-hydroxylation sites is 1. The van der Waals surface area contributed by atoms with E-state index < -0.39 is 5.91 Å².